The van der Waals surface area contributed by atoms with Crippen LogP contribution in [0.25, 0.3) is 0 Å². The largest absolute Gasteiger partial charge is 0.322 e. The molecule has 3 aromatic rings. The van der Waals surface area contributed by atoms with E-state index in [0.717, 1.165) is 15.6 Å². The molecule has 0 aliphatic heterocycles. The third kappa shape index (κ3) is 4.27. The van der Waals surface area contributed by atoms with Crippen LogP contribution in [-0.4, -0.2) is 15.8 Å². The van der Waals surface area contributed by atoms with Crippen molar-refractivity contribution in [2.24, 2.45) is 0 Å². The van der Waals surface area contributed by atoms with Gasteiger partial charge in [-0.3, -0.25) is 14.9 Å². The number of aromatic nitrogens is 1. The predicted molar refractivity (Wildman–Crippen MR) is 103 cm³/mol. The van der Waals surface area contributed by atoms with Crippen LogP contribution in [0.2, 0.25) is 0 Å². The highest BCUT2D eigenvalue weighted by Gasteiger charge is 2.19. The summed E-state index contributed by atoms with van der Waals surface area (Å²) in [6.45, 7) is 3.82. The van der Waals surface area contributed by atoms with Gasteiger partial charge in [-0.05, 0) is 38.1 Å². The number of carbonyl (C=O) groups is 1. The lowest BCUT2D eigenvalue weighted by Gasteiger charge is -2.07. The molecule has 132 valence electrons. The molecule has 1 heterocycles. The van der Waals surface area contributed by atoms with Gasteiger partial charge in [0.2, 0.25) is 0 Å². The van der Waals surface area contributed by atoms with Gasteiger partial charge in [0.05, 0.1) is 9.82 Å². The van der Waals surface area contributed by atoms with Crippen molar-refractivity contribution in [2.75, 3.05) is 5.32 Å². The van der Waals surface area contributed by atoms with Gasteiger partial charge in [0.25, 0.3) is 11.6 Å². The topological polar surface area (TPSA) is 85.1 Å². The van der Waals surface area contributed by atoms with Gasteiger partial charge in [-0.25, -0.2) is 4.98 Å². The van der Waals surface area contributed by atoms with E-state index in [4.69, 9.17) is 0 Å². The maximum absolute atomic E-state index is 12.4. The fourth-order valence-corrected chi connectivity index (χ4v) is 4.08. The van der Waals surface area contributed by atoms with E-state index in [1.807, 2.05) is 31.4 Å². The molecule has 8 heteroatoms. The standard InChI is InChI=1S/C18H15N3O3S2/c1-11-3-6-14(7-4-11)20-17(22)13-5-8-16(15(9-13)21(23)24)26-18-19-12(2)10-25-18/h3-10H,1-2H3,(H,20,22). The second-order valence-corrected chi connectivity index (χ2v) is 7.76. The Balaban J connectivity index is 1.84. The Morgan fingerprint density at radius 2 is 1.92 bits per heavy atom. The van der Waals surface area contributed by atoms with Crippen LogP contribution < -0.4 is 5.32 Å². The Labute approximate surface area is 158 Å². The minimum atomic E-state index is -0.481. The third-order valence-corrected chi connectivity index (χ3v) is 5.64. The van der Waals surface area contributed by atoms with E-state index >= 15 is 0 Å². The normalized spacial score (nSPS) is 10.5. The van der Waals surface area contributed by atoms with E-state index in [1.54, 1.807) is 24.3 Å². The molecule has 6 nitrogen and oxygen atoms in total. The quantitative estimate of drug-likeness (QED) is 0.489. The Kier molecular flexibility index (Phi) is 5.34. The van der Waals surface area contributed by atoms with Crippen LogP contribution in [0.5, 0.6) is 0 Å². The highest BCUT2D eigenvalue weighted by atomic mass is 32.2. The van der Waals surface area contributed by atoms with Crippen LogP contribution in [0.4, 0.5) is 11.4 Å². The number of aryl methyl sites for hydroxylation is 2. The number of nitro benzene ring substituents is 1. The number of thiazole rings is 1. The lowest BCUT2D eigenvalue weighted by atomic mass is 10.1. The summed E-state index contributed by atoms with van der Waals surface area (Å²) >= 11 is 2.65. The van der Waals surface area contributed by atoms with Crippen LogP contribution >= 0.6 is 23.1 Å². The Bertz CT molecular complexity index is 968. The molecule has 1 N–H and O–H groups in total. The first-order valence-corrected chi connectivity index (χ1v) is 9.38. The smallest absolute Gasteiger partial charge is 0.284 e. The summed E-state index contributed by atoms with van der Waals surface area (Å²) < 4.78 is 0.724. The van der Waals surface area contributed by atoms with E-state index in [0.29, 0.717) is 10.6 Å². The summed E-state index contributed by atoms with van der Waals surface area (Å²) in [4.78, 5) is 28.1. The summed E-state index contributed by atoms with van der Waals surface area (Å²) in [7, 11) is 0. The monoisotopic (exact) mass is 385 g/mol. The molecule has 2 aromatic carbocycles. The highest BCUT2D eigenvalue weighted by Crippen LogP contribution is 2.36. The maximum atomic E-state index is 12.4. The second kappa shape index (κ2) is 7.67. The van der Waals surface area contributed by atoms with Gasteiger partial charge >= 0.3 is 0 Å². The van der Waals surface area contributed by atoms with E-state index in [1.165, 1.54) is 29.2 Å². The molecule has 1 amide bonds. The number of carbonyl (C=O) groups excluding carboxylic acids is 1. The van der Waals surface area contributed by atoms with Crippen molar-refractivity contribution in [1.82, 2.24) is 4.98 Å². The maximum Gasteiger partial charge on any atom is 0.284 e. The summed E-state index contributed by atoms with van der Waals surface area (Å²) in [6.07, 6.45) is 0. The number of nitrogens with one attached hydrogen (secondary N) is 1. The molecule has 0 saturated carbocycles. The summed E-state index contributed by atoms with van der Waals surface area (Å²) in [5.74, 6) is -0.390. The Morgan fingerprint density at radius 1 is 1.19 bits per heavy atom. The lowest BCUT2D eigenvalue weighted by molar-refractivity contribution is -0.387. The molecule has 0 aliphatic carbocycles. The molecular formula is C18H15N3O3S2. The first-order chi connectivity index (χ1) is 12.4. The van der Waals surface area contributed by atoms with Crippen LogP contribution in [-0.2, 0) is 0 Å². The van der Waals surface area contributed by atoms with Crippen LogP contribution in [0.15, 0.2) is 57.1 Å². The van der Waals surface area contributed by atoms with Crippen LogP contribution in [0.3, 0.4) is 0 Å². The van der Waals surface area contributed by atoms with Crippen molar-refractivity contribution in [1.29, 1.82) is 0 Å². The zero-order valence-corrected chi connectivity index (χ0v) is 15.7. The van der Waals surface area contributed by atoms with Crippen molar-refractivity contribution < 1.29 is 9.72 Å². The minimum Gasteiger partial charge on any atom is -0.322 e. The average Bonchev–Trinajstić information content (AvgIpc) is 3.02. The first-order valence-electron chi connectivity index (χ1n) is 7.69. The number of nitro groups is 1. The number of anilines is 1. The Hall–Kier alpha value is -2.71. The molecule has 0 aliphatic rings. The van der Waals surface area contributed by atoms with Gasteiger partial charge in [0.1, 0.15) is 0 Å². The number of rotatable bonds is 5. The fraction of sp³-hybridized carbons (Fsp3) is 0.111. The molecule has 0 atom stereocenters. The molecule has 0 bridgehead atoms. The Morgan fingerprint density at radius 3 is 2.54 bits per heavy atom. The van der Waals surface area contributed by atoms with Crippen molar-refractivity contribution >= 4 is 40.4 Å². The van der Waals surface area contributed by atoms with Gasteiger partial charge in [0.15, 0.2) is 4.34 Å². The van der Waals surface area contributed by atoms with Gasteiger partial charge in [-0.1, -0.05) is 29.5 Å². The fourth-order valence-electron chi connectivity index (χ4n) is 2.20. The van der Waals surface area contributed by atoms with Crippen molar-refractivity contribution in [2.45, 2.75) is 23.1 Å². The number of amides is 1. The molecule has 26 heavy (non-hydrogen) atoms. The second-order valence-electron chi connectivity index (χ2n) is 5.62. The van der Waals surface area contributed by atoms with Gasteiger partial charge < -0.3 is 5.32 Å². The number of nitrogens with zero attached hydrogens (tertiary/aromatic N) is 2. The number of hydrogen-bond acceptors (Lipinski definition) is 6. The van der Waals surface area contributed by atoms with Crippen molar-refractivity contribution in [3.05, 3.63) is 74.8 Å². The molecule has 0 fully saturated rings. The van der Waals surface area contributed by atoms with Crippen molar-refractivity contribution in [3.63, 3.8) is 0 Å². The summed E-state index contributed by atoms with van der Waals surface area (Å²) in [5, 5.41) is 16.1. The predicted octanol–water partition coefficient (Wildman–Crippen LogP) is 5.07. The number of benzene rings is 2. The van der Waals surface area contributed by atoms with Gasteiger partial charge in [-0.15, -0.1) is 11.3 Å². The zero-order chi connectivity index (χ0) is 18.7. The summed E-state index contributed by atoms with van der Waals surface area (Å²) in [5.41, 5.74) is 2.71. The van der Waals surface area contributed by atoms with Crippen molar-refractivity contribution in [3.8, 4) is 0 Å². The van der Waals surface area contributed by atoms with E-state index in [-0.39, 0.29) is 11.3 Å². The van der Waals surface area contributed by atoms with Gasteiger partial charge in [-0.2, -0.15) is 0 Å². The van der Waals surface area contributed by atoms with Gasteiger partial charge in [0, 0.05) is 28.4 Å². The lowest BCUT2D eigenvalue weighted by Crippen LogP contribution is -2.12. The molecule has 0 unspecified atom stereocenters. The highest BCUT2D eigenvalue weighted by molar-refractivity contribution is 8.01. The minimum absolute atomic E-state index is 0.112. The molecule has 3 rings (SSSR count). The molecular weight excluding hydrogens is 370 g/mol. The van der Waals surface area contributed by atoms with Crippen LogP contribution in [0.1, 0.15) is 21.6 Å². The van der Waals surface area contributed by atoms with E-state index < -0.39 is 10.8 Å². The summed E-state index contributed by atoms with van der Waals surface area (Å²) in [6, 6.07) is 11.8. The molecule has 0 radical (unpaired) electrons. The third-order valence-electron chi connectivity index (χ3n) is 3.52. The van der Waals surface area contributed by atoms with E-state index in [9.17, 15) is 14.9 Å². The van der Waals surface area contributed by atoms with E-state index in [2.05, 4.69) is 10.3 Å². The average molecular weight is 385 g/mol. The number of hydrogen-bond donors (Lipinski definition) is 1. The molecule has 1 aromatic heterocycles. The zero-order valence-electron chi connectivity index (χ0n) is 14.1. The SMILES string of the molecule is Cc1ccc(NC(=O)c2ccc(Sc3nc(C)cs3)c([N+](=O)[O-])c2)cc1. The first kappa shape index (κ1) is 18.1. The molecule has 0 spiro atoms. The molecule has 0 saturated heterocycles. The van der Waals surface area contributed by atoms with Crippen LogP contribution in [0, 0.1) is 24.0 Å².